The Labute approximate surface area is 239 Å². The molecule has 0 unspecified atom stereocenters. The van der Waals surface area contributed by atoms with Gasteiger partial charge in [0, 0.05) is 29.0 Å². The molecule has 0 atom stereocenters. The minimum Gasteiger partial charge on any atom is -0.493 e. The van der Waals surface area contributed by atoms with Crippen LogP contribution in [0.1, 0.15) is 49.4 Å². The highest BCUT2D eigenvalue weighted by molar-refractivity contribution is 9.10. The molecule has 1 aliphatic heterocycles. The van der Waals surface area contributed by atoms with Crippen molar-refractivity contribution >= 4 is 50.6 Å². The highest BCUT2D eigenvalue weighted by Crippen LogP contribution is 2.42. The number of morpholine rings is 1. The first-order valence-electron chi connectivity index (χ1n) is 13.1. The number of methoxy groups -OCH3 is 1. The molecule has 1 saturated carbocycles. The van der Waals surface area contributed by atoms with Crippen LogP contribution in [0.3, 0.4) is 0 Å². The zero-order valence-electron chi connectivity index (χ0n) is 21.7. The minimum atomic E-state index is -0.215. The summed E-state index contributed by atoms with van der Waals surface area (Å²) in [7, 11) is 1.50. The van der Waals surface area contributed by atoms with Gasteiger partial charge in [0.2, 0.25) is 0 Å². The van der Waals surface area contributed by atoms with Crippen molar-refractivity contribution < 1.29 is 19.0 Å². The Morgan fingerprint density at radius 2 is 1.97 bits per heavy atom. The van der Waals surface area contributed by atoms with Crippen molar-refractivity contribution in [2.24, 2.45) is 5.10 Å². The number of ether oxygens (including phenoxy) is 3. The SMILES string of the molecule is COc1cc(C=Nn2c(C3CCCCC3)nc3ccccc3c2=O)c(Br)c(Cl)c1OCC(=O)N1CCOCC1. The van der Waals surface area contributed by atoms with Crippen LogP contribution in [0.2, 0.25) is 5.02 Å². The van der Waals surface area contributed by atoms with Gasteiger partial charge in [-0.1, -0.05) is 43.0 Å². The van der Waals surface area contributed by atoms with E-state index in [-0.39, 0.29) is 34.8 Å². The van der Waals surface area contributed by atoms with Gasteiger partial charge in [-0.15, -0.1) is 0 Å². The molecular weight excluding hydrogens is 588 g/mol. The van der Waals surface area contributed by atoms with Crippen molar-refractivity contribution in [3.05, 3.63) is 61.6 Å². The number of amides is 1. The van der Waals surface area contributed by atoms with E-state index >= 15 is 0 Å². The van der Waals surface area contributed by atoms with Gasteiger partial charge in [-0.25, -0.2) is 4.98 Å². The van der Waals surface area contributed by atoms with Crippen LogP contribution >= 0.6 is 27.5 Å². The molecule has 1 amide bonds. The first-order chi connectivity index (χ1) is 19.0. The normalized spacial score (nSPS) is 16.6. The molecule has 2 aromatic carbocycles. The standard InChI is InChI=1S/C28H30BrClN4O5/c1-37-22-15-19(24(29)25(30)26(22)39-17-23(35)33-11-13-38-14-12-33)16-31-34-27(18-7-3-2-4-8-18)32-21-10-6-5-9-20(21)28(34)36/h5-6,9-10,15-16,18H,2-4,7-8,11-14,17H2,1H3. The van der Waals surface area contributed by atoms with E-state index in [2.05, 4.69) is 21.0 Å². The lowest BCUT2D eigenvalue weighted by Crippen LogP contribution is -2.43. The van der Waals surface area contributed by atoms with E-state index in [1.807, 2.05) is 18.2 Å². The largest absolute Gasteiger partial charge is 0.493 e. The van der Waals surface area contributed by atoms with E-state index in [9.17, 15) is 9.59 Å². The fourth-order valence-corrected chi connectivity index (χ4v) is 5.67. The fourth-order valence-electron chi connectivity index (χ4n) is 5.02. The first kappa shape index (κ1) is 27.6. The Morgan fingerprint density at radius 1 is 1.23 bits per heavy atom. The second-order valence-corrected chi connectivity index (χ2v) is 10.8. The molecule has 5 rings (SSSR count). The van der Waals surface area contributed by atoms with Crippen molar-refractivity contribution in [2.45, 2.75) is 38.0 Å². The van der Waals surface area contributed by atoms with Crippen LogP contribution in [-0.2, 0) is 9.53 Å². The van der Waals surface area contributed by atoms with Crippen molar-refractivity contribution in [3.8, 4) is 11.5 Å². The highest BCUT2D eigenvalue weighted by Gasteiger charge is 2.24. The number of hydrogen-bond donors (Lipinski definition) is 0. The summed E-state index contributed by atoms with van der Waals surface area (Å²) in [6.07, 6.45) is 6.90. The summed E-state index contributed by atoms with van der Waals surface area (Å²) in [4.78, 5) is 32.6. The molecule has 1 aromatic heterocycles. The lowest BCUT2D eigenvalue weighted by Gasteiger charge is -2.27. The van der Waals surface area contributed by atoms with Gasteiger partial charge < -0.3 is 19.1 Å². The van der Waals surface area contributed by atoms with Crippen LogP contribution in [0.15, 0.2) is 44.7 Å². The number of aromatic nitrogens is 2. The topological polar surface area (TPSA) is 95.2 Å². The summed E-state index contributed by atoms with van der Waals surface area (Å²) in [6, 6.07) is 9.04. The quantitative estimate of drug-likeness (QED) is 0.347. The van der Waals surface area contributed by atoms with Gasteiger partial charge in [0.15, 0.2) is 18.1 Å². The molecule has 0 radical (unpaired) electrons. The molecule has 2 aliphatic rings. The summed E-state index contributed by atoms with van der Waals surface area (Å²) >= 11 is 10.2. The zero-order chi connectivity index (χ0) is 27.4. The van der Waals surface area contributed by atoms with Crippen molar-refractivity contribution in [2.75, 3.05) is 40.0 Å². The number of fused-ring (bicyclic) bond motifs is 1. The Morgan fingerprint density at radius 3 is 2.72 bits per heavy atom. The molecule has 206 valence electrons. The van der Waals surface area contributed by atoms with Crippen LogP contribution < -0.4 is 15.0 Å². The van der Waals surface area contributed by atoms with Gasteiger partial charge in [-0.2, -0.15) is 9.78 Å². The summed E-state index contributed by atoms with van der Waals surface area (Å²) in [5.74, 6) is 1.27. The average Bonchev–Trinajstić information content (AvgIpc) is 2.98. The number of halogens is 2. The molecule has 0 bridgehead atoms. The maximum atomic E-state index is 13.5. The summed E-state index contributed by atoms with van der Waals surface area (Å²) in [6.45, 7) is 1.89. The van der Waals surface area contributed by atoms with Crippen LogP contribution in [0.25, 0.3) is 10.9 Å². The third-order valence-corrected chi connectivity index (χ3v) is 8.58. The average molecular weight is 618 g/mol. The third kappa shape index (κ3) is 5.97. The summed E-state index contributed by atoms with van der Waals surface area (Å²) < 4.78 is 18.6. The summed E-state index contributed by atoms with van der Waals surface area (Å²) in [5.41, 5.74) is 1.04. The molecule has 0 spiro atoms. The zero-order valence-corrected chi connectivity index (χ0v) is 24.0. The van der Waals surface area contributed by atoms with Crippen LogP contribution in [0, 0.1) is 0 Å². The number of rotatable bonds is 7. The minimum absolute atomic E-state index is 0.156. The van der Waals surface area contributed by atoms with Gasteiger partial charge >= 0.3 is 0 Å². The second-order valence-electron chi connectivity index (χ2n) is 9.59. The second kappa shape index (κ2) is 12.5. The molecule has 1 aliphatic carbocycles. The molecule has 11 heteroatoms. The molecule has 1 saturated heterocycles. The van der Waals surface area contributed by atoms with Gasteiger partial charge in [0.1, 0.15) is 10.8 Å². The van der Waals surface area contributed by atoms with Gasteiger partial charge in [-0.05, 0) is 47.0 Å². The Bertz CT molecular complexity index is 1450. The van der Waals surface area contributed by atoms with E-state index in [0.717, 1.165) is 25.7 Å². The van der Waals surface area contributed by atoms with E-state index in [1.54, 1.807) is 23.2 Å². The maximum absolute atomic E-state index is 13.5. The number of hydrogen-bond acceptors (Lipinski definition) is 7. The first-order valence-corrected chi connectivity index (χ1v) is 14.3. The van der Waals surface area contributed by atoms with Gasteiger partial charge in [0.05, 0.1) is 37.4 Å². The van der Waals surface area contributed by atoms with Crippen molar-refractivity contribution in [1.29, 1.82) is 0 Å². The van der Waals surface area contributed by atoms with Crippen LogP contribution in [0.4, 0.5) is 0 Å². The Balaban J connectivity index is 1.46. The number of benzene rings is 2. The molecule has 2 fully saturated rings. The molecule has 39 heavy (non-hydrogen) atoms. The van der Waals surface area contributed by atoms with Crippen LogP contribution in [-0.4, -0.2) is 66.7 Å². The van der Waals surface area contributed by atoms with Gasteiger partial charge in [-0.3, -0.25) is 9.59 Å². The number of carbonyl (C=O) groups excluding carboxylic acids is 1. The van der Waals surface area contributed by atoms with Crippen molar-refractivity contribution in [3.63, 3.8) is 0 Å². The Hall–Kier alpha value is -2.95. The lowest BCUT2D eigenvalue weighted by atomic mass is 9.88. The maximum Gasteiger partial charge on any atom is 0.282 e. The third-order valence-electron chi connectivity index (χ3n) is 7.14. The molecular formula is C28H30BrClN4O5. The highest BCUT2D eigenvalue weighted by atomic mass is 79.9. The fraction of sp³-hybridized carbons (Fsp3) is 0.429. The number of carbonyl (C=O) groups is 1. The Kier molecular flexibility index (Phi) is 8.84. The van der Waals surface area contributed by atoms with E-state index in [0.29, 0.717) is 58.8 Å². The van der Waals surface area contributed by atoms with Gasteiger partial charge in [0.25, 0.3) is 11.5 Å². The van der Waals surface area contributed by atoms with E-state index in [4.69, 9.17) is 30.8 Å². The number of nitrogens with zero attached hydrogens (tertiary/aromatic N) is 4. The monoisotopic (exact) mass is 616 g/mol. The molecule has 2 heterocycles. The van der Waals surface area contributed by atoms with E-state index < -0.39 is 0 Å². The smallest absolute Gasteiger partial charge is 0.282 e. The lowest BCUT2D eigenvalue weighted by molar-refractivity contribution is -0.137. The van der Waals surface area contributed by atoms with Crippen LogP contribution in [0.5, 0.6) is 11.5 Å². The summed E-state index contributed by atoms with van der Waals surface area (Å²) in [5, 5.41) is 5.35. The molecule has 0 N–H and O–H groups in total. The van der Waals surface area contributed by atoms with E-state index in [1.165, 1.54) is 18.2 Å². The molecule has 3 aromatic rings. The number of para-hydroxylation sites is 1. The predicted octanol–water partition coefficient (Wildman–Crippen LogP) is 4.99. The molecule has 9 nitrogen and oxygen atoms in total. The predicted molar refractivity (Wildman–Crippen MR) is 153 cm³/mol. The van der Waals surface area contributed by atoms with Crippen molar-refractivity contribution in [1.82, 2.24) is 14.6 Å².